The summed E-state index contributed by atoms with van der Waals surface area (Å²) in [5.41, 5.74) is 0.649. The highest BCUT2D eigenvalue weighted by Gasteiger charge is 2.43. The number of nitrogens with one attached hydrogen (secondary N) is 1. The number of ether oxygens (including phenoxy) is 1. The Bertz CT molecular complexity index is 681. The molecular weight excluding hydrogens is 346 g/mol. The van der Waals surface area contributed by atoms with Crippen LogP contribution < -0.4 is 5.32 Å². The first kappa shape index (κ1) is 17.5. The number of hydrogen-bond acceptors (Lipinski definition) is 6. The highest BCUT2D eigenvalue weighted by Crippen LogP contribution is 2.31. The van der Waals surface area contributed by atoms with E-state index in [1.165, 1.54) is 12.1 Å². The van der Waals surface area contributed by atoms with E-state index < -0.39 is 11.0 Å². The summed E-state index contributed by atoms with van der Waals surface area (Å²) < 4.78 is 5.34. The van der Waals surface area contributed by atoms with Gasteiger partial charge in [-0.1, -0.05) is 0 Å². The number of likely N-dealkylation sites (tertiary alicyclic amines) is 1. The summed E-state index contributed by atoms with van der Waals surface area (Å²) >= 11 is 4.45. The van der Waals surface area contributed by atoms with Crippen LogP contribution in [-0.2, 0) is 16.1 Å². The quantitative estimate of drug-likeness (QED) is 0.481. The molecule has 2 aliphatic rings. The number of carbonyl (C=O) groups is 2. The molecule has 9 heteroatoms. The number of carbonyl (C=O) groups excluding carboxylic acids is 2. The normalized spacial score (nSPS) is 25.7. The van der Waals surface area contributed by atoms with Crippen molar-refractivity contribution in [3.63, 3.8) is 0 Å². The summed E-state index contributed by atoms with van der Waals surface area (Å²) in [5, 5.41) is 13.5. The Morgan fingerprint density at radius 1 is 1.40 bits per heavy atom. The molecule has 2 saturated heterocycles. The maximum Gasteiger partial charge on any atom is 0.410 e. The van der Waals surface area contributed by atoms with Gasteiger partial charge in [-0.25, -0.2) is 4.79 Å². The number of hydrogen-bond donors (Lipinski definition) is 2. The highest BCUT2D eigenvalue weighted by atomic mass is 32.1. The zero-order valence-electron chi connectivity index (χ0n) is 13.5. The molecule has 2 fully saturated rings. The van der Waals surface area contributed by atoms with E-state index in [0.29, 0.717) is 31.5 Å². The number of non-ortho nitro benzene ring substituents is 1. The van der Waals surface area contributed by atoms with Gasteiger partial charge in [-0.2, -0.15) is 12.6 Å². The fourth-order valence-electron chi connectivity index (χ4n) is 3.36. The van der Waals surface area contributed by atoms with E-state index in [1.807, 2.05) is 0 Å². The maximum atomic E-state index is 12.4. The van der Waals surface area contributed by atoms with Gasteiger partial charge in [-0.05, 0) is 30.5 Å². The molecular formula is C16H19N3O5S. The van der Waals surface area contributed by atoms with E-state index in [4.69, 9.17) is 4.74 Å². The molecule has 0 radical (unpaired) electrons. The average molecular weight is 365 g/mol. The third-order valence-corrected chi connectivity index (χ3v) is 5.00. The second-order valence-electron chi connectivity index (χ2n) is 6.27. The van der Waals surface area contributed by atoms with E-state index in [1.54, 1.807) is 17.0 Å². The van der Waals surface area contributed by atoms with E-state index >= 15 is 0 Å². The van der Waals surface area contributed by atoms with Crippen LogP contribution in [0.3, 0.4) is 0 Å². The van der Waals surface area contributed by atoms with E-state index in [9.17, 15) is 19.7 Å². The van der Waals surface area contributed by atoms with Crippen LogP contribution >= 0.6 is 12.6 Å². The number of benzene rings is 1. The van der Waals surface area contributed by atoms with E-state index in [-0.39, 0.29) is 35.4 Å². The van der Waals surface area contributed by atoms with Gasteiger partial charge < -0.3 is 15.0 Å². The van der Waals surface area contributed by atoms with E-state index in [0.717, 1.165) is 0 Å². The van der Waals surface area contributed by atoms with Crippen molar-refractivity contribution in [1.29, 1.82) is 0 Å². The van der Waals surface area contributed by atoms with Gasteiger partial charge in [0, 0.05) is 36.5 Å². The van der Waals surface area contributed by atoms with Crippen molar-refractivity contribution in [1.82, 2.24) is 10.2 Å². The molecule has 2 amide bonds. The van der Waals surface area contributed by atoms with Gasteiger partial charge in [0.15, 0.2) is 0 Å². The van der Waals surface area contributed by atoms with Gasteiger partial charge >= 0.3 is 6.09 Å². The molecule has 0 spiro atoms. The van der Waals surface area contributed by atoms with Crippen LogP contribution in [0.5, 0.6) is 0 Å². The minimum Gasteiger partial charge on any atom is -0.445 e. The topological polar surface area (TPSA) is 102 Å². The summed E-state index contributed by atoms with van der Waals surface area (Å²) in [7, 11) is 0. The minimum absolute atomic E-state index is 0.0140. The standard InChI is InChI=1S/C16H19N3O5S/c20-15-13(5-6-17-15)14-7-12(25)8-18(14)16(21)24-9-10-1-3-11(4-2-10)19(22)23/h1-4,12-14,25H,5-9H2,(H,17,20)/t12-,13?,14-/m0/s1. The lowest BCUT2D eigenvalue weighted by Gasteiger charge is -2.27. The van der Waals surface area contributed by atoms with Crippen LogP contribution in [0.15, 0.2) is 24.3 Å². The monoisotopic (exact) mass is 365 g/mol. The molecule has 3 atom stereocenters. The van der Waals surface area contributed by atoms with Gasteiger partial charge in [-0.15, -0.1) is 0 Å². The summed E-state index contributed by atoms with van der Waals surface area (Å²) in [6.45, 7) is 1.09. The van der Waals surface area contributed by atoms with Gasteiger partial charge in [0.05, 0.1) is 10.8 Å². The Hall–Kier alpha value is -2.29. The lowest BCUT2D eigenvalue weighted by atomic mass is 9.96. The zero-order chi connectivity index (χ0) is 18.0. The molecule has 2 aliphatic heterocycles. The molecule has 0 saturated carbocycles. The van der Waals surface area contributed by atoms with Crippen molar-refractivity contribution in [3.8, 4) is 0 Å². The van der Waals surface area contributed by atoms with Crippen molar-refractivity contribution in [2.75, 3.05) is 13.1 Å². The second-order valence-corrected chi connectivity index (χ2v) is 7.00. The molecule has 2 heterocycles. The van der Waals surface area contributed by atoms with Gasteiger partial charge in [0.1, 0.15) is 6.61 Å². The van der Waals surface area contributed by atoms with Gasteiger partial charge in [-0.3, -0.25) is 14.9 Å². The highest BCUT2D eigenvalue weighted by molar-refractivity contribution is 7.81. The minimum atomic E-state index is -0.486. The number of nitro groups is 1. The molecule has 0 aliphatic carbocycles. The summed E-state index contributed by atoms with van der Waals surface area (Å²) in [4.78, 5) is 36.1. The first-order valence-corrected chi connectivity index (χ1v) is 8.60. The van der Waals surface area contributed by atoms with Gasteiger partial charge in [0.2, 0.25) is 5.91 Å². The molecule has 0 bridgehead atoms. The molecule has 25 heavy (non-hydrogen) atoms. The second kappa shape index (κ2) is 7.30. The van der Waals surface area contributed by atoms with Crippen LogP contribution in [0.4, 0.5) is 10.5 Å². The molecule has 134 valence electrons. The van der Waals surface area contributed by atoms with Crippen molar-refractivity contribution in [2.24, 2.45) is 5.92 Å². The molecule has 1 unspecified atom stereocenters. The first-order valence-electron chi connectivity index (χ1n) is 8.08. The molecule has 1 aromatic carbocycles. The molecule has 0 aromatic heterocycles. The maximum absolute atomic E-state index is 12.4. The number of nitrogens with zero attached hydrogens (tertiary/aromatic N) is 2. The number of nitro benzene ring substituents is 1. The lowest BCUT2D eigenvalue weighted by Crippen LogP contribution is -2.42. The average Bonchev–Trinajstić information content (AvgIpc) is 3.18. The number of amides is 2. The fraction of sp³-hybridized carbons (Fsp3) is 0.500. The summed E-state index contributed by atoms with van der Waals surface area (Å²) in [5.74, 6) is -0.246. The third kappa shape index (κ3) is 3.87. The third-order valence-electron chi connectivity index (χ3n) is 4.62. The first-order chi connectivity index (χ1) is 12.0. The van der Waals surface area contributed by atoms with Gasteiger partial charge in [0.25, 0.3) is 5.69 Å². The van der Waals surface area contributed by atoms with Crippen molar-refractivity contribution in [2.45, 2.75) is 30.7 Å². The van der Waals surface area contributed by atoms with Crippen molar-refractivity contribution in [3.05, 3.63) is 39.9 Å². The molecule has 1 aromatic rings. The summed E-state index contributed by atoms with van der Waals surface area (Å²) in [6.07, 6.45) is 0.879. The largest absolute Gasteiger partial charge is 0.445 e. The lowest BCUT2D eigenvalue weighted by molar-refractivity contribution is -0.384. The molecule has 8 nitrogen and oxygen atoms in total. The van der Waals surface area contributed by atoms with Crippen LogP contribution in [0.25, 0.3) is 0 Å². The van der Waals surface area contributed by atoms with Crippen LogP contribution in [0, 0.1) is 16.0 Å². The Morgan fingerprint density at radius 3 is 2.72 bits per heavy atom. The van der Waals surface area contributed by atoms with Crippen molar-refractivity contribution >= 4 is 30.3 Å². The number of thiol groups is 1. The Morgan fingerprint density at radius 2 is 2.12 bits per heavy atom. The van der Waals surface area contributed by atoms with Crippen molar-refractivity contribution < 1.29 is 19.2 Å². The van der Waals surface area contributed by atoms with Crippen LogP contribution in [0.1, 0.15) is 18.4 Å². The smallest absolute Gasteiger partial charge is 0.410 e. The predicted molar refractivity (Wildman–Crippen MR) is 92.3 cm³/mol. The SMILES string of the molecule is O=C1NCCC1[C@@H]1C[C@H](S)CN1C(=O)OCc1ccc([N+](=O)[O-])cc1. The predicted octanol–water partition coefficient (Wildman–Crippen LogP) is 1.74. The zero-order valence-corrected chi connectivity index (χ0v) is 14.4. The number of rotatable bonds is 4. The fourth-order valence-corrected chi connectivity index (χ4v) is 3.75. The summed E-state index contributed by atoms with van der Waals surface area (Å²) in [6, 6.07) is 5.65. The van der Waals surface area contributed by atoms with Crippen LogP contribution in [-0.4, -0.2) is 46.2 Å². The Balaban J connectivity index is 1.61. The molecule has 3 rings (SSSR count). The van der Waals surface area contributed by atoms with E-state index in [2.05, 4.69) is 17.9 Å². The van der Waals surface area contributed by atoms with Crippen LogP contribution in [0.2, 0.25) is 0 Å². The Labute approximate surface area is 150 Å². The Kier molecular flexibility index (Phi) is 5.12. The molecule has 1 N–H and O–H groups in total.